The Bertz CT molecular complexity index is 305. The molecule has 13 heavy (non-hydrogen) atoms. The van der Waals surface area contributed by atoms with Crippen LogP contribution in [0.5, 0.6) is 0 Å². The normalized spacial score (nSPS) is 12.5. The minimum Gasteiger partial charge on any atom is -0.267 e. The highest BCUT2D eigenvalue weighted by Crippen LogP contribution is 2.19. The number of nitriles is 1. The van der Waals surface area contributed by atoms with E-state index in [1.807, 2.05) is 13.8 Å². The molecule has 0 fully saturated rings. The highest BCUT2D eigenvalue weighted by atomic mass is 35.5. The lowest BCUT2D eigenvalue weighted by Gasteiger charge is -2.10. The predicted octanol–water partition coefficient (Wildman–Crippen LogP) is 2.71. The zero-order chi connectivity index (χ0) is 9.84. The van der Waals surface area contributed by atoms with Gasteiger partial charge in [-0.25, -0.2) is 0 Å². The molecule has 0 aromatic carbocycles. The second kappa shape index (κ2) is 4.29. The van der Waals surface area contributed by atoms with Crippen molar-refractivity contribution in [2.45, 2.75) is 32.7 Å². The van der Waals surface area contributed by atoms with Crippen LogP contribution < -0.4 is 0 Å². The van der Waals surface area contributed by atoms with E-state index in [4.69, 9.17) is 16.9 Å². The Morgan fingerprint density at radius 2 is 2.46 bits per heavy atom. The quantitative estimate of drug-likeness (QED) is 0.748. The molecule has 70 valence electrons. The van der Waals surface area contributed by atoms with Crippen molar-refractivity contribution in [2.75, 3.05) is 0 Å². The van der Waals surface area contributed by atoms with Gasteiger partial charge in [-0.05, 0) is 13.3 Å². The Hall–Kier alpha value is -1.01. The Kier molecular flexibility index (Phi) is 3.32. The van der Waals surface area contributed by atoms with Gasteiger partial charge in [-0.2, -0.15) is 10.4 Å². The topological polar surface area (TPSA) is 41.6 Å². The third-order valence-electron chi connectivity index (χ3n) is 2.03. The highest BCUT2D eigenvalue weighted by Gasteiger charge is 2.10. The van der Waals surface area contributed by atoms with Crippen LogP contribution in [-0.2, 0) is 0 Å². The zero-order valence-corrected chi connectivity index (χ0v) is 8.54. The van der Waals surface area contributed by atoms with Crippen LogP contribution in [0.4, 0.5) is 0 Å². The first-order valence-electron chi connectivity index (χ1n) is 4.27. The number of halogens is 1. The van der Waals surface area contributed by atoms with Gasteiger partial charge < -0.3 is 0 Å². The van der Waals surface area contributed by atoms with E-state index >= 15 is 0 Å². The van der Waals surface area contributed by atoms with Crippen LogP contribution in [-0.4, -0.2) is 9.78 Å². The fourth-order valence-corrected chi connectivity index (χ4v) is 1.31. The summed E-state index contributed by atoms with van der Waals surface area (Å²) in [6.45, 7) is 3.89. The molecule has 1 atom stereocenters. The second-order valence-electron chi connectivity index (χ2n) is 2.97. The van der Waals surface area contributed by atoms with Crippen molar-refractivity contribution in [3.05, 3.63) is 16.9 Å². The maximum Gasteiger partial charge on any atom is 0.0815 e. The molecular formula is C9H12ClN3. The summed E-state index contributed by atoms with van der Waals surface area (Å²) in [5.74, 6) is 0. The van der Waals surface area contributed by atoms with Gasteiger partial charge >= 0.3 is 0 Å². The first-order valence-corrected chi connectivity index (χ1v) is 4.65. The first-order chi connectivity index (χ1) is 6.19. The van der Waals surface area contributed by atoms with E-state index < -0.39 is 0 Å². The van der Waals surface area contributed by atoms with Gasteiger partial charge in [0.2, 0.25) is 0 Å². The summed E-state index contributed by atoms with van der Waals surface area (Å²) in [7, 11) is 0. The molecule has 0 saturated heterocycles. The van der Waals surface area contributed by atoms with Crippen LogP contribution in [0.25, 0.3) is 0 Å². The van der Waals surface area contributed by atoms with Crippen molar-refractivity contribution in [3.8, 4) is 6.07 Å². The standard InChI is InChI=1S/C9H12ClN3/c1-3-8(4-5-11)13-6-9(10)7(2)12-13/h6,8H,3-4H2,1-2H3. The molecule has 1 aromatic heterocycles. The lowest BCUT2D eigenvalue weighted by Crippen LogP contribution is -2.07. The summed E-state index contributed by atoms with van der Waals surface area (Å²) >= 11 is 5.86. The number of rotatable bonds is 3. The molecule has 0 N–H and O–H groups in total. The van der Waals surface area contributed by atoms with Gasteiger partial charge in [-0.15, -0.1) is 0 Å². The average molecular weight is 198 g/mol. The van der Waals surface area contributed by atoms with E-state index in [0.717, 1.165) is 12.1 Å². The monoisotopic (exact) mass is 197 g/mol. The maximum atomic E-state index is 8.58. The van der Waals surface area contributed by atoms with E-state index in [2.05, 4.69) is 11.2 Å². The predicted molar refractivity (Wildman–Crippen MR) is 51.5 cm³/mol. The fraction of sp³-hybridized carbons (Fsp3) is 0.556. The molecule has 0 bridgehead atoms. The molecular weight excluding hydrogens is 186 g/mol. The van der Waals surface area contributed by atoms with Crippen LogP contribution in [0.3, 0.4) is 0 Å². The van der Waals surface area contributed by atoms with Crippen molar-refractivity contribution in [3.63, 3.8) is 0 Å². The minimum atomic E-state index is 0.149. The van der Waals surface area contributed by atoms with Crippen LogP contribution in [0.2, 0.25) is 5.02 Å². The molecule has 0 radical (unpaired) electrons. The molecule has 4 heteroatoms. The van der Waals surface area contributed by atoms with Crippen LogP contribution in [0.1, 0.15) is 31.5 Å². The van der Waals surface area contributed by atoms with Crippen LogP contribution >= 0.6 is 11.6 Å². The molecule has 1 unspecified atom stereocenters. The molecule has 0 aliphatic heterocycles. The third-order valence-corrected chi connectivity index (χ3v) is 2.40. The van der Waals surface area contributed by atoms with Crippen molar-refractivity contribution < 1.29 is 0 Å². The number of aromatic nitrogens is 2. The molecule has 3 nitrogen and oxygen atoms in total. The molecule has 0 aliphatic carbocycles. The number of hydrogen-bond acceptors (Lipinski definition) is 2. The fourth-order valence-electron chi connectivity index (χ4n) is 1.18. The summed E-state index contributed by atoms with van der Waals surface area (Å²) in [6.07, 6.45) is 3.15. The Morgan fingerprint density at radius 3 is 2.85 bits per heavy atom. The Morgan fingerprint density at radius 1 is 1.77 bits per heavy atom. The average Bonchev–Trinajstić information content (AvgIpc) is 2.43. The second-order valence-corrected chi connectivity index (χ2v) is 3.37. The molecule has 1 aromatic rings. The number of hydrogen-bond donors (Lipinski definition) is 0. The van der Waals surface area contributed by atoms with Gasteiger partial charge in [0.25, 0.3) is 0 Å². The molecule has 0 aliphatic rings. The lowest BCUT2D eigenvalue weighted by molar-refractivity contribution is 0.446. The SMILES string of the molecule is CCC(CC#N)n1cc(Cl)c(C)n1. The molecule has 0 spiro atoms. The van der Waals surface area contributed by atoms with E-state index in [9.17, 15) is 0 Å². The van der Waals surface area contributed by atoms with Crippen molar-refractivity contribution in [1.29, 1.82) is 5.26 Å². The summed E-state index contributed by atoms with van der Waals surface area (Å²) in [4.78, 5) is 0. The summed E-state index contributed by atoms with van der Waals surface area (Å²) in [6, 6.07) is 2.29. The molecule has 0 amide bonds. The zero-order valence-electron chi connectivity index (χ0n) is 7.79. The number of aryl methyl sites for hydroxylation is 1. The summed E-state index contributed by atoms with van der Waals surface area (Å²) in [5.41, 5.74) is 0.818. The smallest absolute Gasteiger partial charge is 0.0815 e. The van der Waals surface area contributed by atoms with Gasteiger partial charge in [0, 0.05) is 6.20 Å². The minimum absolute atomic E-state index is 0.149. The largest absolute Gasteiger partial charge is 0.267 e. The maximum absolute atomic E-state index is 8.58. The van der Waals surface area contributed by atoms with Crippen LogP contribution in [0.15, 0.2) is 6.20 Å². The molecule has 1 rings (SSSR count). The summed E-state index contributed by atoms with van der Waals surface area (Å²) in [5, 5.41) is 13.5. The van der Waals surface area contributed by atoms with E-state index in [-0.39, 0.29) is 6.04 Å². The van der Waals surface area contributed by atoms with E-state index in [1.165, 1.54) is 0 Å². The lowest BCUT2D eigenvalue weighted by atomic mass is 10.2. The van der Waals surface area contributed by atoms with Gasteiger partial charge in [0.05, 0.1) is 29.2 Å². The molecule has 1 heterocycles. The Balaban J connectivity index is 2.86. The van der Waals surface area contributed by atoms with E-state index in [0.29, 0.717) is 11.4 Å². The third kappa shape index (κ3) is 2.22. The van der Waals surface area contributed by atoms with Gasteiger partial charge in [0.1, 0.15) is 0 Å². The van der Waals surface area contributed by atoms with E-state index in [1.54, 1.807) is 10.9 Å². The van der Waals surface area contributed by atoms with Crippen molar-refractivity contribution in [1.82, 2.24) is 9.78 Å². The van der Waals surface area contributed by atoms with Crippen LogP contribution in [0, 0.1) is 18.3 Å². The van der Waals surface area contributed by atoms with Gasteiger partial charge in [-0.1, -0.05) is 18.5 Å². The Labute approximate surface area is 82.9 Å². The van der Waals surface area contributed by atoms with Gasteiger partial charge in [-0.3, -0.25) is 4.68 Å². The first kappa shape index (κ1) is 10.1. The number of nitrogens with zero attached hydrogens (tertiary/aromatic N) is 3. The highest BCUT2D eigenvalue weighted by molar-refractivity contribution is 6.31. The summed E-state index contributed by atoms with van der Waals surface area (Å²) < 4.78 is 1.78. The van der Waals surface area contributed by atoms with Crippen molar-refractivity contribution in [2.24, 2.45) is 0 Å². The molecule has 0 saturated carbocycles. The van der Waals surface area contributed by atoms with Gasteiger partial charge in [0.15, 0.2) is 0 Å². The van der Waals surface area contributed by atoms with Crippen molar-refractivity contribution >= 4 is 11.6 Å².